The Morgan fingerprint density at radius 3 is 2.43 bits per heavy atom. The number of aromatic nitrogens is 2. The summed E-state index contributed by atoms with van der Waals surface area (Å²) in [6.45, 7) is 20.9. The van der Waals surface area contributed by atoms with Gasteiger partial charge in [0.05, 0.1) is 12.8 Å². The van der Waals surface area contributed by atoms with E-state index in [9.17, 15) is 14.4 Å². The standard InChI is InChI=1S/C32H49N5O6Si/c1-11-13-24-21-25(33-29(38)41-7)14-15-26(24)27-22-36(23-42-19-20-44(8,9)10)28(34-27)16-18-37(30(39)35(6)17-12-2)31(40)43-32(3,4)5/h11-12,14-15,21-22H,1-2,13,16-20,23H2,3-10H3,(H,33,38). The molecular formula is C32H49N5O6Si. The number of hydrogen-bond acceptors (Lipinski definition) is 7. The molecule has 0 spiro atoms. The minimum atomic E-state index is -1.29. The lowest BCUT2D eigenvalue weighted by molar-refractivity contribution is 0.0294. The van der Waals surface area contributed by atoms with Gasteiger partial charge in [-0.2, -0.15) is 0 Å². The molecule has 4 amide bonds. The number of amides is 4. The van der Waals surface area contributed by atoms with Crippen LogP contribution in [-0.2, 0) is 33.8 Å². The minimum absolute atomic E-state index is 0.0437. The van der Waals surface area contributed by atoms with Gasteiger partial charge in [-0.25, -0.2) is 24.3 Å². The molecule has 1 heterocycles. The molecule has 0 aliphatic heterocycles. The van der Waals surface area contributed by atoms with Gasteiger partial charge < -0.3 is 23.7 Å². The minimum Gasteiger partial charge on any atom is -0.453 e. The number of carbonyl (C=O) groups is 3. The number of nitrogens with one attached hydrogen (secondary N) is 1. The van der Waals surface area contributed by atoms with Gasteiger partial charge in [0.15, 0.2) is 0 Å². The second-order valence-electron chi connectivity index (χ2n) is 12.7. The maximum atomic E-state index is 13.3. The molecule has 2 rings (SSSR count). The molecule has 0 unspecified atom stereocenters. The predicted molar refractivity (Wildman–Crippen MR) is 177 cm³/mol. The maximum Gasteiger partial charge on any atom is 0.418 e. The topological polar surface area (TPSA) is 115 Å². The normalized spacial score (nSPS) is 11.5. The van der Waals surface area contributed by atoms with Crippen LogP contribution in [0.5, 0.6) is 0 Å². The zero-order chi connectivity index (χ0) is 33.1. The zero-order valence-corrected chi connectivity index (χ0v) is 28.6. The van der Waals surface area contributed by atoms with Gasteiger partial charge in [-0.05, 0) is 50.9 Å². The lowest BCUT2D eigenvalue weighted by Gasteiger charge is -2.29. The maximum absolute atomic E-state index is 13.3. The van der Waals surface area contributed by atoms with E-state index in [1.165, 1.54) is 12.0 Å². The zero-order valence-electron chi connectivity index (χ0n) is 27.6. The molecule has 0 aliphatic carbocycles. The van der Waals surface area contributed by atoms with E-state index in [2.05, 4.69) is 38.1 Å². The molecule has 11 nitrogen and oxygen atoms in total. The fraction of sp³-hybridized carbons (Fsp3) is 0.500. The number of hydrogen-bond donors (Lipinski definition) is 1. The van der Waals surface area contributed by atoms with Gasteiger partial charge in [-0.1, -0.05) is 37.9 Å². The average molecular weight is 628 g/mol. The monoisotopic (exact) mass is 627 g/mol. The molecule has 1 aromatic carbocycles. The molecule has 44 heavy (non-hydrogen) atoms. The first-order chi connectivity index (χ1) is 20.6. The van der Waals surface area contributed by atoms with Crippen LogP contribution in [0.4, 0.5) is 20.1 Å². The van der Waals surface area contributed by atoms with Crippen molar-refractivity contribution in [2.75, 3.05) is 39.2 Å². The van der Waals surface area contributed by atoms with E-state index in [1.807, 2.05) is 22.9 Å². The fourth-order valence-corrected chi connectivity index (χ4v) is 4.88. The van der Waals surface area contributed by atoms with Gasteiger partial charge in [0.25, 0.3) is 0 Å². The lowest BCUT2D eigenvalue weighted by Crippen LogP contribution is -2.47. The van der Waals surface area contributed by atoms with E-state index < -0.39 is 31.9 Å². The molecule has 242 valence electrons. The number of allylic oxidation sites excluding steroid dienone is 1. The second-order valence-corrected chi connectivity index (χ2v) is 18.3. The summed E-state index contributed by atoms with van der Waals surface area (Å²) in [6.07, 6.45) is 4.79. The van der Waals surface area contributed by atoms with Gasteiger partial charge in [-0.3, -0.25) is 5.32 Å². The van der Waals surface area contributed by atoms with Crippen LogP contribution in [0.15, 0.2) is 49.7 Å². The quantitative estimate of drug-likeness (QED) is 0.139. The summed E-state index contributed by atoms with van der Waals surface area (Å²) in [5.41, 5.74) is 2.25. The highest BCUT2D eigenvalue weighted by atomic mass is 28.3. The van der Waals surface area contributed by atoms with Crippen LogP contribution in [0.3, 0.4) is 0 Å². The van der Waals surface area contributed by atoms with Crippen molar-refractivity contribution in [2.24, 2.45) is 0 Å². The molecule has 0 saturated carbocycles. The number of ether oxygens (including phenoxy) is 3. The Labute approximate surface area is 262 Å². The second kappa shape index (κ2) is 16.2. The highest BCUT2D eigenvalue weighted by Crippen LogP contribution is 2.28. The Morgan fingerprint density at radius 2 is 1.84 bits per heavy atom. The SMILES string of the molecule is C=CCc1cc(NC(=O)OC)ccc1-c1cn(COCC[Si](C)(C)C)c(CCN(C(=O)OC(C)(C)C)C(=O)N(C)CC=C)n1. The molecule has 2 aromatic rings. The van der Waals surface area contributed by atoms with Crippen molar-refractivity contribution < 1.29 is 28.6 Å². The first kappa shape index (κ1) is 36.3. The third-order valence-corrected chi connectivity index (χ3v) is 8.10. The predicted octanol–water partition coefficient (Wildman–Crippen LogP) is 6.79. The van der Waals surface area contributed by atoms with Crippen LogP contribution in [0.2, 0.25) is 25.7 Å². The average Bonchev–Trinajstić information content (AvgIpc) is 3.32. The van der Waals surface area contributed by atoms with Crippen molar-refractivity contribution in [3.05, 3.63) is 61.1 Å². The number of methoxy groups -OCH3 is 1. The highest BCUT2D eigenvalue weighted by molar-refractivity contribution is 6.76. The summed E-state index contributed by atoms with van der Waals surface area (Å²) in [5, 5.41) is 2.69. The van der Waals surface area contributed by atoms with Crippen LogP contribution in [0.25, 0.3) is 11.3 Å². The van der Waals surface area contributed by atoms with E-state index in [4.69, 9.17) is 19.2 Å². The Bertz CT molecular complexity index is 1310. The van der Waals surface area contributed by atoms with Crippen molar-refractivity contribution in [3.8, 4) is 11.3 Å². The van der Waals surface area contributed by atoms with E-state index in [0.29, 0.717) is 30.2 Å². The van der Waals surface area contributed by atoms with Crippen LogP contribution in [-0.4, -0.2) is 85.1 Å². The smallest absolute Gasteiger partial charge is 0.418 e. The Kier molecular flexibility index (Phi) is 13.4. The number of urea groups is 1. The van der Waals surface area contributed by atoms with Gasteiger partial charge >= 0.3 is 18.2 Å². The molecule has 0 fully saturated rings. The molecular weight excluding hydrogens is 578 g/mol. The largest absolute Gasteiger partial charge is 0.453 e. The number of rotatable bonds is 14. The molecule has 1 N–H and O–H groups in total. The molecule has 0 bridgehead atoms. The number of carbonyl (C=O) groups excluding carboxylic acids is 3. The summed E-state index contributed by atoms with van der Waals surface area (Å²) in [4.78, 5) is 45.6. The summed E-state index contributed by atoms with van der Waals surface area (Å²) in [7, 11) is 1.62. The van der Waals surface area contributed by atoms with Gasteiger partial charge in [0.1, 0.15) is 18.2 Å². The van der Waals surface area contributed by atoms with E-state index >= 15 is 0 Å². The number of anilines is 1. The summed E-state index contributed by atoms with van der Waals surface area (Å²) >= 11 is 0. The van der Waals surface area contributed by atoms with Gasteiger partial charge in [-0.15, -0.1) is 13.2 Å². The molecule has 0 aliphatic rings. The van der Waals surface area contributed by atoms with Crippen LogP contribution in [0, 0.1) is 0 Å². The van der Waals surface area contributed by atoms with E-state index in [-0.39, 0.29) is 26.2 Å². The Hall–Kier alpha value is -3.90. The third kappa shape index (κ3) is 11.6. The van der Waals surface area contributed by atoms with Gasteiger partial charge in [0, 0.05) is 58.7 Å². The summed E-state index contributed by atoms with van der Waals surface area (Å²) in [5.74, 6) is 0.641. The van der Waals surface area contributed by atoms with Crippen molar-refractivity contribution in [3.63, 3.8) is 0 Å². The summed E-state index contributed by atoms with van der Waals surface area (Å²) < 4.78 is 18.3. The Morgan fingerprint density at radius 1 is 1.14 bits per heavy atom. The van der Waals surface area contributed by atoms with Crippen LogP contribution < -0.4 is 5.32 Å². The van der Waals surface area contributed by atoms with E-state index in [0.717, 1.165) is 22.1 Å². The molecule has 0 atom stereocenters. The molecule has 12 heteroatoms. The van der Waals surface area contributed by atoms with Crippen molar-refractivity contribution >= 4 is 32.0 Å². The van der Waals surface area contributed by atoms with Crippen molar-refractivity contribution in [2.45, 2.75) is 71.6 Å². The number of imidazole rings is 1. The molecule has 1 aromatic heterocycles. The lowest BCUT2D eigenvalue weighted by atomic mass is 10.0. The van der Waals surface area contributed by atoms with Crippen molar-refractivity contribution in [1.82, 2.24) is 19.4 Å². The highest BCUT2D eigenvalue weighted by Gasteiger charge is 2.29. The number of likely N-dealkylation sites (N-methyl/N-ethyl adjacent to an activating group) is 1. The molecule has 0 radical (unpaired) electrons. The first-order valence-electron chi connectivity index (χ1n) is 14.7. The van der Waals surface area contributed by atoms with Gasteiger partial charge in [0.2, 0.25) is 0 Å². The van der Waals surface area contributed by atoms with Crippen LogP contribution >= 0.6 is 0 Å². The number of imide groups is 1. The fourth-order valence-electron chi connectivity index (χ4n) is 4.12. The number of benzene rings is 1. The van der Waals surface area contributed by atoms with E-state index in [1.54, 1.807) is 46.0 Å². The third-order valence-electron chi connectivity index (χ3n) is 6.40. The van der Waals surface area contributed by atoms with Crippen molar-refractivity contribution in [1.29, 1.82) is 0 Å². The Balaban J connectivity index is 2.47. The first-order valence-corrected chi connectivity index (χ1v) is 18.4. The molecule has 0 saturated heterocycles. The summed E-state index contributed by atoms with van der Waals surface area (Å²) in [6, 6.07) is 6.03. The van der Waals surface area contributed by atoms with Crippen LogP contribution in [0.1, 0.15) is 32.2 Å². The number of nitrogens with zero attached hydrogens (tertiary/aromatic N) is 4.